The van der Waals surface area contributed by atoms with Gasteiger partial charge in [-0.1, -0.05) is 13.8 Å². The maximum absolute atomic E-state index is 14.1. The highest BCUT2D eigenvalue weighted by molar-refractivity contribution is 5.88. The molecule has 2 nitrogen and oxygen atoms in total. The number of Topliss-reactive ketones (excluding diaryl/α,β-unsaturated/α-hetero) is 2. The van der Waals surface area contributed by atoms with Crippen LogP contribution in [0.3, 0.4) is 0 Å². The van der Waals surface area contributed by atoms with E-state index in [1.54, 1.807) is 0 Å². The van der Waals surface area contributed by atoms with Crippen molar-refractivity contribution in [3.8, 4) is 0 Å². The smallest absolute Gasteiger partial charge is 0.142 e. The van der Waals surface area contributed by atoms with Gasteiger partial charge in [-0.2, -0.15) is 0 Å². The third-order valence-corrected chi connectivity index (χ3v) is 13.3. The third kappa shape index (κ3) is 2.65. The fourth-order valence-corrected chi connectivity index (χ4v) is 12.1. The summed E-state index contributed by atoms with van der Waals surface area (Å²) < 4.78 is 0. The fraction of sp³-hybridized carbons (Fsp3) is 0.933. The Labute approximate surface area is 195 Å². The van der Waals surface area contributed by atoms with Crippen LogP contribution in [0.25, 0.3) is 0 Å². The first kappa shape index (κ1) is 20.7. The second-order valence-electron chi connectivity index (χ2n) is 14.6. The number of ketones is 2. The first-order valence-corrected chi connectivity index (χ1v) is 14.4. The predicted octanol–water partition coefficient (Wildman–Crippen LogP) is 7.00. The van der Waals surface area contributed by atoms with Crippen LogP contribution in [0, 0.1) is 63.6 Å². The van der Waals surface area contributed by atoms with Crippen molar-refractivity contribution in [2.75, 3.05) is 0 Å². The minimum atomic E-state index is -0.00393. The van der Waals surface area contributed by atoms with E-state index in [0.717, 1.165) is 67.0 Å². The number of carbonyl (C=O) groups excluding carboxylic acids is 2. The topological polar surface area (TPSA) is 34.1 Å². The lowest BCUT2D eigenvalue weighted by Crippen LogP contribution is -2.56. The molecular formula is C30H44O2. The van der Waals surface area contributed by atoms with Crippen LogP contribution in [0.15, 0.2) is 0 Å². The molecule has 176 valence electrons. The molecule has 0 N–H and O–H groups in total. The Balaban J connectivity index is 1.10. The van der Waals surface area contributed by atoms with Crippen molar-refractivity contribution in [3.05, 3.63) is 0 Å². The molecule has 0 spiro atoms. The molecule has 8 aliphatic rings. The van der Waals surface area contributed by atoms with Crippen molar-refractivity contribution in [1.82, 2.24) is 0 Å². The van der Waals surface area contributed by atoms with Gasteiger partial charge >= 0.3 is 0 Å². The number of fused-ring (bicyclic) bond motifs is 5. The zero-order chi connectivity index (χ0) is 21.9. The van der Waals surface area contributed by atoms with E-state index in [0.29, 0.717) is 23.0 Å². The Morgan fingerprint density at radius 1 is 0.781 bits per heavy atom. The summed E-state index contributed by atoms with van der Waals surface area (Å²) in [5.74, 6) is 7.28. The molecule has 8 saturated carbocycles. The minimum absolute atomic E-state index is 0.00393. The molecule has 8 rings (SSSR count). The van der Waals surface area contributed by atoms with E-state index in [1.165, 1.54) is 70.6 Å². The second-order valence-corrected chi connectivity index (χ2v) is 14.6. The maximum Gasteiger partial charge on any atom is 0.142 e. The van der Waals surface area contributed by atoms with Crippen LogP contribution >= 0.6 is 0 Å². The Morgan fingerprint density at radius 3 is 2.16 bits per heavy atom. The summed E-state index contributed by atoms with van der Waals surface area (Å²) in [6.07, 6.45) is 18.7. The highest BCUT2D eigenvalue weighted by Crippen LogP contribution is 2.67. The Bertz CT molecular complexity index is 806. The lowest BCUT2D eigenvalue weighted by atomic mass is 9.43. The quantitative estimate of drug-likeness (QED) is 0.467. The fourth-order valence-electron chi connectivity index (χ4n) is 12.1. The molecule has 0 heterocycles. The van der Waals surface area contributed by atoms with Gasteiger partial charge in [-0.05, 0) is 137 Å². The van der Waals surface area contributed by atoms with Crippen LogP contribution in [-0.4, -0.2) is 11.6 Å². The molecule has 32 heavy (non-hydrogen) atoms. The SMILES string of the molecule is C[C@]12CC[C@H](C(=O)C34CC5CC(CC(C5)C3)C4)C[C@@H]1CC[C@@H]1[C@@H]2CC[C@]2(C)C(=O)CC[C@@H]12. The van der Waals surface area contributed by atoms with Crippen molar-refractivity contribution in [2.45, 2.75) is 110 Å². The van der Waals surface area contributed by atoms with Crippen molar-refractivity contribution in [2.24, 2.45) is 63.6 Å². The summed E-state index contributed by atoms with van der Waals surface area (Å²) in [6, 6.07) is 0. The molecule has 0 aromatic carbocycles. The number of hydrogen-bond acceptors (Lipinski definition) is 2. The van der Waals surface area contributed by atoms with Crippen LogP contribution in [0.5, 0.6) is 0 Å². The summed E-state index contributed by atoms with van der Waals surface area (Å²) in [5.41, 5.74) is 0.519. The van der Waals surface area contributed by atoms with Gasteiger partial charge in [0.2, 0.25) is 0 Å². The number of hydrogen-bond donors (Lipinski definition) is 0. The van der Waals surface area contributed by atoms with E-state index in [2.05, 4.69) is 13.8 Å². The van der Waals surface area contributed by atoms with Gasteiger partial charge in [0.1, 0.15) is 11.6 Å². The van der Waals surface area contributed by atoms with E-state index in [9.17, 15) is 9.59 Å². The summed E-state index contributed by atoms with van der Waals surface area (Å²) in [5, 5.41) is 0. The number of carbonyl (C=O) groups is 2. The largest absolute Gasteiger partial charge is 0.299 e. The van der Waals surface area contributed by atoms with Gasteiger partial charge in [0.05, 0.1) is 0 Å². The molecule has 0 radical (unpaired) electrons. The van der Waals surface area contributed by atoms with E-state index in [-0.39, 0.29) is 10.8 Å². The average molecular weight is 437 g/mol. The van der Waals surface area contributed by atoms with E-state index < -0.39 is 0 Å². The zero-order valence-corrected chi connectivity index (χ0v) is 20.5. The van der Waals surface area contributed by atoms with Gasteiger partial charge in [0.15, 0.2) is 0 Å². The molecule has 7 atom stereocenters. The van der Waals surface area contributed by atoms with Crippen LogP contribution in [-0.2, 0) is 9.59 Å². The first-order valence-electron chi connectivity index (χ1n) is 14.4. The average Bonchev–Trinajstić information content (AvgIpc) is 3.06. The molecule has 0 aromatic rings. The van der Waals surface area contributed by atoms with Crippen LogP contribution in [0.2, 0.25) is 0 Å². The highest BCUT2D eigenvalue weighted by Gasteiger charge is 2.62. The molecule has 0 unspecified atom stereocenters. The number of rotatable bonds is 2. The van der Waals surface area contributed by atoms with Gasteiger partial charge in [-0.25, -0.2) is 0 Å². The van der Waals surface area contributed by atoms with Crippen molar-refractivity contribution < 1.29 is 9.59 Å². The van der Waals surface area contributed by atoms with E-state index in [1.807, 2.05) is 0 Å². The third-order valence-electron chi connectivity index (χ3n) is 13.3. The first-order chi connectivity index (χ1) is 15.3. The minimum Gasteiger partial charge on any atom is -0.299 e. The molecule has 0 aliphatic heterocycles. The summed E-state index contributed by atoms with van der Waals surface area (Å²) in [6.45, 7) is 4.91. The summed E-state index contributed by atoms with van der Waals surface area (Å²) >= 11 is 0. The van der Waals surface area contributed by atoms with Gasteiger partial charge in [0, 0.05) is 23.2 Å². The molecule has 8 aliphatic carbocycles. The zero-order valence-electron chi connectivity index (χ0n) is 20.5. The van der Waals surface area contributed by atoms with Crippen LogP contribution in [0.1, 0.15) is 110 Å². The van der Waals surface area contributed by atoms with Gasteiger partial charge in [0.25, 0.3) is 0 Å². The Kier molecular flexibility index (Phi) is 4.35. The standard InChI is InChI=1S/C30H44O2/c1-28-9-7-21(27(32)30-15-18-11-19(16-30)13-20(12-18)17-30)14-22(28)3-4-23-24-5-6-26(31)29(24,2)10-8-25(23)28/h18-25H,3-17H2,1-2H3/t18?,19?,20?,21-,22-,23-,24-,25-,28-,29-,30?/m0/s1. The molecule has 2 heteroatoms. The predicted molar refractivity (Wildman–Crippen MR) is 126 cm³/mol. The molecule has 8 fully saturated rings. The lowest BCUT2D eigenvalue weighted by molar-refractivity contribution is -0.157. The molecule has 0 aromatic heterocycles. The molecule has 0 saturated heterocycles. The summed E-state index contributed by atoms with van der Waals surface area (Å²) in [4.78, 5) is 26.8. The van der Waals surface area contributed by atoms with Crippen molar-refractivity contribution in [1.29, 1.82) is 0 Å². The van der Waals surface area contributed by atoms with Crippen molar-refractivity contribution >= 4 is 11.6 Å². The highest BCUT2D eigenvalue weighted by atomic mass is 16.1. The van der Waals surface area contributed by atoms with Crippen LogP contribution in [0.4, 0.5) is 0 Å². The molecule has 0 amide bonds. The molecular weight excluding hydrogens is 392 g/mol. The lowest BCUT2D eigenvalue weighted by Gasteiger charge is -2.61. The molecule has 4 bridgehead atoms. The monoisotopic (exact) mass is 436 g/mol. The van der Waals surface area contributed by atoms with Gasteiger partial charge in [-0.15, -0.1) is 0 Å². The van der Waals surface area contributed by atoms with Crippen molar-refractivity contribution in [3.63, 3.8) is 0 Å². The maximum atomic E-state index is 14.1. The van der Waals surface area contributed by atoms with Gasteiger partial charge < -0.3 is 0 Å². The summed E-state index contributed by atoms with van der Waals surface area (Å²) in [7, 11) is 0. The van der Waals surface area contributed by atoms with Crippen LogP contribution < -0.4 is 0 Å². The second kappa shape index (κ2) is 6.72. The van der Waals surface area contributed by atoms with Gasteiger partial charge in [-0.3, -0.25) is 9.59 Å². The normalized spacial score (nSPS) is 58.2. The van der Waals surface area contributed by atoms with E-state index >= 15 is 0 Å². The Hall–Kier alpha value is -0.660. The van der Waals surface area contributed by atoms with E-state index in [4.69, 9.17) is 0 Å². The Morgan fingerprint density at radius 2 is 1.47 bits per heavy atom.